The summed E-state index contributed by atoms with van der Waals surface area (Å²) in [6.07, 6.45) is 18.9. The maximum atomic E-state index is 7.43. The summed E-state index contributed by atoms with van der Waals surface area (Å²) in [5, 5.41) is 0. The SMILES string of the molecule is C[Si](C)(O[Si](C)(C)C1CC2CC1C1CC=CC21)C1CC2CC1C1CC=CC21. The molecule has 0 radical (unpaired) electrons. The lowest BCUT2D eigenvalue weighted by Crippen LogP contribution is -2.53. The van der Waals surface area contributed by atoms with Crippen LogP contribution in [-0.4, -0.2) is 16.6 Å². The Morgan fingerprint density at radius 3 is 1.52 bits per heavy atom. The van der Waals surface area contributed by atoms with Crippen LogP contribution in [0, 0.1) is 47.3 Å². The fourth-order valence-electron chi connectivity index (χ4n) is 9.54. The van der Waals surface area contributed by atoms with E-state index in [2.05, 4.69) is 50.5 Å². The smallest absolute Gasteiger partial charge is 0.176 e. The van der Waals surface area contributed by atoms with E-state index in [1.54, 1.807) is 0 Å². The van der Waals surface area contributed by atoms with Gasteiger partial charge in [0.25, 0.3) is 0 Å². The number of hydrogen-bond acceptors (Lipinski definition) is 1. The highest BCUT2D eigenvalue weighted by Gasteiger charge is 2.61. The Balaban J connectivity index is 1.19. The van der Waals surface area contributed by atoms with Crippen molar-refractivity contribution < 1.29 is 4.12 Å². The highest BCUT2D eigenvalue weighted by molar-refractivity contribution is 6.86. The van der Waals surface area contributed by atoms with Gasteiger partial charge in [0.1, 0.15) is 0 Å². The lowest BCUT2D eigenvalue weighted by molar-refractivity contribution is 0.257. The largest absolute Gasteiger partial charge is 0.455 e. The molecule has 0 aromatic rings. The number of fused-ring (bicyclic) bond motifs is 10. The minimum Gasteiger partial charge on any atom is -0.455 e. The first kappa shape index (κ1) is 17.7. The topological polar surface area (TPSA) is 9.23 Å². The molecule has 0 amide bonds. The predicted molar refractivity (Wildman–Crippen MR) is 117 cm³/mol. The van der Waals surface area contributed by atoms with Gasteiger partial charge in [0, 0.05) is 0 Å². The molecule has 3 heteroatoms. The normalized spacial score (nSPS) is 52.1. The molecular formula is C24H38OSi2. The standard InChI is InChI=1S/C24H38OSi2/c1-26(2,23-13-15-11-21(23)19-9-5-7-17(15)19)25-27(3,4)24-14-16-12-22(24)20-10-6-8-18(16)20/h5-8,15-24H,9-14H2,1-4H3. The van der Waals surface area contributed by atoms with Crippen LogP contribution in [0.5, 0.6) is 0 Å². The molecule has 6 aliphatic carbocycles. The first-order valence-corrected chi connectivity index (χ1v) is 17.9. The van der Waals surface area contributed by atoms with Crippen molar-refractivity contribution >= 4 is 16.6 Å². The average molecular weight is 399 g/mol. The second-order valence-corrected chi connectivity index (χ2v) is 20.8. The van der Waals surface area contributed by atoms with E-state index in [9.17, 15) is 0 Å². The van der Waals surface area contributed by atoms with E-state index in [4.69, 9.17) is 4.12 Å². The summed E-state index contributed by atoms with van der Waals surface area (Å²) in [4.78, 5) is 0. The molecule has 0 saturated heterocycles. The Morgan fingerprint density at radius 1 is 0.630 bits per heavy atom. The maximum absolute atomic E-state index is 7.43. The molecule has 10 atom stereocenters. The van der Waals surface area contributed by atoms with Crippen LogP contribution in [-0.2, 0) is 4.12 Å². The number of allylic oxidation sites excluding steroid dienone is 4. The molecule has 6 aliphatic rings. The molecule has 10 unspecified atom stereocenters. The summed E-state index contributed by atoms with van der Waals surface area (Å²) in [6.45, 7) is 10.4. The van der Waals surface area contributed by atoms with Gasteiger partial charge >= 0.3 is 0 Å². The zero-order valence-electron chi connectivity index (χ0n) is 17.7. The monoisotopic (exact) mass is 398 g/mol. The van der Waals surface area contributed by atoms with E-state index < -0.39 is 16.6 Å². The third kappa shape index (κ3) is 2.43. The van der Waals surface area contributed by atoms with E-state index >= 15 is 0 Å². The van der Waals surface area contributed by atoms with Gasteiger partial charge in [-0.3, -0.25) is 0 Å². The van der Waals surface area contributed by atoms with E-state index in [-0.39, 0.29) is 0 Å². The van der Waals surface area contributed by atoms with Gasteiger partial charge < -0.3 is 4.12 Å². The number of hydrogen-bond donors (Lipinski definition) is 0. The van der Waals surface area contributed by atoms with Gasteiger partial charge in [0.05, 0.1) is 0 Å². The van der Waals surface area contributed by atoms with Crippen molar-refractivity contribution in [2.75, 3.05) is 0 Å². The molecule has 0 N–H and O–H groups in total. The summed E-state index contributed by atoms with van der Waals surface area (Å²) < 4.78 is 7.43. The van der Waals surface area contributed by atoms with Crippen LogP contribution in [0.15, 0.2) is 24.3 Å². The fourth-order valence-corrected chi connectivity index (χ4v) is 20.7. The van der Waals surface area contributed by atoms with Crippen LogP contribution >= 0.6 is 0 Å². The molecular weight excluding hydrogens is 360 g/mol. The van der Waals surface area contributed by atoms with Crippen LogP contribution in [0.2, 0.25) is 37.3 Å². The summed E-state index contributed by atoms with van der Waals surface area (Å²) in [6, 6.07) is 0. The lowest BCUT2D eigenvalue weighted by atomic mass is 9.81. The molecule has 0 spiro atoms. The van der Waals surface area contributed by atoms with Gasteiger partial charge in [-0.15, -0.1) is 0 Å². The average Bonchev–Trinajstić information content (AvgIpc) is 3.43. The predicted octanol–water partition coefficient (Wildman–Crippen LogP) is 6.62. The summed E-state index contributed by atoms with van der Waals surface area (Å²) in [7, 11) is -3.26. The van der Waals surface area contributed by atoms with Crippen molar-refractivity contribution in [3.8, 4) is 0 Å². The zero-order valence-corrected chi connectivity index (χ0v) is 19.7. The van der Waals surface area contributed by atoms with Gasteiger partial charge in [-0.25, -0.2) is 0 Å². The van der Waals surface area contributed by atoms with Gasteiger partial charge in [-0.1, -0.05) is 24.3 Å². The molecule has 0 heterocycles. The van der Waals surface area contributed by atoms with E-state index in [1.807, 2.05) is 0 Å². The molecule has 4 bridgehead atoms. The summed E-state index contributed by atoms with van der Waals surface area (Å²) in [5.41, 5.74) is 1.88. The van der Waals surface area contributed by atoms with Crippen LogP contribution in [0.4, 0.5) is 0 Å². The fraction of sp³-hybridized carbons (Fsp3) is 0.833. The van der Waals surface area contributed by atoms with Gasteiger partial charge in [-0.05, 0) is 123 Å². The highest BCUT2D eigenvalue weighted by Crippen LogP contribution is 2.66. The Kier molecular flexibility index (Phi) is 3.76. The molecule has 4 fully saturated rings. The summed E-state index contributed by atoms with van der Waals surface area (Å²) >= 11 is 0. The van der Waals surface area contributed by atoms with Gasteiger partial charge in [0.15, 0.2) is 16.6 Å². The van der Waals surface area contributed by atoms with E-state index in [0.29, 0.717) is 0 Å². The molecule has 1 nitrogen and oxygen atoms in total. The quantitative estimate of drug-likeness (QED) is 0.382. The minimum absolute atomic E-state index is 0.940. The third-order valence-electron chi connectivity index (χ3n) is 10.3. The van der Waals surface area contributed by atoms with E-state index in [1.165, 1.54) is 38.5 Å². The Bertz CT molecular complexity index is 636. The molecule has 148 valence electrons. The second-order valence-electron chi connectivity index (χ2n) is 12.1. The van der Waals surface area contributed by atoms with Crippen LogP contribution in [0.1, 0.15) is 38.5 Å². The van der Waals surface area contributed by atoms with Crippen molar-refractivity contribution in [1.82, 2.24) is 0 Å². The maximum Gasteiger partial charge on any atom is 0.176 e. The van der Waals surface area contributed by atoms with Crippen molar-refractivity contribution in [2.45, 2.75) is 75.8 Å². The third-order valence-corrected chi connectivity index (χ3v) is 19.4. The summed E-state index contributed by atoms with van der Waals surface area (Å²) in [5.74, 6) is 7.84. The Labute approximate surface area is 168 Å². The molecule has 4 saturated carbocycles. The molecule has 0 aromatic heterocycles. The second kappa shape index (κ2) is 5.73. The van der Waals surface area contributed by atoms with Crippen molar-refractivity contribution in [2.24, 2.45) is 47.3 Å². The Hall–Kier alpha value is -0.126. The first-order valence-electron chi connectivity index (χ1n) is 11.9. The lowest BCUT2D eigenvalue weighted by Gasteiger charge is -2.47. The first-order chi connectivity index (χ1) is 12.9. The number of rotatable bonds is 4. The minimum atomic E-state index is -1.63. The van der Waals surface area contributed by atoms with Crippen LogP contribution in [0.3, 0.4) is 0 Å². The van der Waals surface area contributed by atoms with Crippen molar-refractivity contribution in [1.29, 1.82) is 0 Å². The van der Waals surface area contributed by atoms with Gasteiger partial charge in [-0.2, -0.15) is 0 Å². The zero-order chi connectivity index (χ0) is 18.6. The van der Waals surface area contributed by atoms with Crippen molar-refractivity contribution in [3.63, 3.8) is 0 Å². The van der Waals surface area contributed by atoms with Crippen molar-refractivity contribution in [3.05, 3.63) is 24.3 Å². The van der Waals surface area contributed by atoms with Crippen LogP contribution in [0.25, 0.3) is 0 Å². The Morgan fingerprint density at radius 2 is 1.07 bits per heavy atom. The molecule has 0 aromatic carbocycles. The molecule has 0 aliphatic heterocycles. The highest BCUT2D eigenvalue weighted by atomic mass is 28.4. The molecule has 27 heavy (non-hydrogen) atoms. The van der Waals surface area contributed by atoms with Gasteiger partial charge in [0.2, 0.25) is 0 Å². The van der Waals surface area contributed by atoms with Crippen LogP contribution < -0.4 is 0 Å². The van der Waals surface area contributed by atoms with E-state index in [0.717, 1.165) is 58.4 Å². The molecule has 6 rings (SSSR count).